The van der Waals surface area contributed by atoms with Crippen molar-refractivity contribution in [1.29, 1.82) is 0 Å². The van der Waals surface area contributed by atoms with E-state index in [-0.39, 0.29) is 16.4 Å². The third kappa shape index (κ3) is 3.29. The molecule has 0 saturated heterocycles. The number of hydrogen-bond acceptors (Lipinski definition) is 5. The topological polar surface area (TPSA) is 92.7 Å². The second kappa shape index (κ2) is 5.79. The van der Waals surface area contributed by atoms with Crippen LogP contribution >= 0.6 is 11.3 Å². The summed E-state index contributed by atoms with van der Waals surface area (Å²) < 4.78 is 31.4. The summed E-state index contributed by atoms with van der Waals surface area (Å²) >= 11 is 0.902. The molecule has 8 heteroatoms. The maximum absolute atomic E-state index is 12.1. The molecule has 18 heavy (non-hydrogen) atoms. The Kier molecular flexibility index (Phi) is 4.85. The Morgan fingerprint density at radius 2 is 2.22 bits per heavy atom. The smallest absolute Gasteiger partial charge is 0.347 e. The monoisotopic (exact) mass is 293 g/mol. The molecule has 0 aliphatic rings. The molecular weight excluding hydrogens is 278 g/mol. The van der Waals surface area contributed by atoms with Gasteiger partial charge in [0, 0.05) is 13.2 Å². The van der Waals surface area contributed by atoms with E-state index < -0.39 is 22.0 Å². The van der Waals surface area contributed by atoms with E-state index in [0.717, 1.165) is 11.3 Å². The maximum atomic E-state index is 12.1. The van der Waals surface area contributed by atoms with Crippen molar-refractivity contribution in [3.05, 3.63) is 15.8 Å². The molecule has 1 atom stereocenters. The number of ether oxygens (including phenoxy) is 1. The molecule has 1 rings (SSSR count). The summed E-state index contributed by atoms with van der Waals surface area (Å²) in [6.45, 7) is 3.42. The average Bonchev–Trinajstić information content (AvgIpc) is 2.60. The van der Waals surface area contributed by atoms with E-state index in [1.165, 1.54) is 12.5 Å². The van der Waals surface area contributed by atoms with Gasteiger partial charge in [0.1, 0.15) is 9.77 Å². The van der Waals surface area contributed by atoms with E-state index in [4.69, 9.17) is 9.84 Å². The Balaban J connectivity index is 3.12. The highest BCUT2D eigenvalue weighted by Crippen LogP contribution is 2.26. The van der Waals surface area contributed by atoms with Gasteiger partial charge < -0.3 is 9.84 Å². The molecule has 0 amide bonds. The fourth-order valence-electron chi connectivity index (χ4n) is 1.52. The van der Waals surface area contributed by atoms with Crippen molar-refractivity contribution < 1.29 is 23.1 Å². The number of thiophene rings is 1. The van der Waals surface area contributed by atoms with Gasteiger partial charge in [0.2, 0.25) is 10.0 Å². The normalized spacial score (nSPS) is 13.5. The number of carbonyl (C=O) groups is 1. The summed E-state index contributed by atoms with van der Waals surface area (Å²) in [5.74, 6) is -1.24. The first kappa shape index (κ1) is 15.1. The number of carboxylic acids is 1. The van der Waals surface area contributed by atoms with E-state index in [9.17, 15) is 13.2 Å². The van der Waals surface area contributed by atoms with Crippen LogP contribution in [0.15, 0.2) is 10.3 Å². The van der Waals surface area contributed by atoms with Gasteiger partial charge in [-0.2, -0.15) is 0 Å². The SMILES string of the molecule is COCC(C)NS(=O)(=O)c1c(C)csc1C(=O)O. The predicted octanol–water partition coefficient (Wildman–Crippen LogP) is 1.07. The van der Waals surface area contributed by atoms with Crippen LogP contribution in [0.1, 0.15) is 22.2 Å². The van der Waals surface area contributed by atoms with Gasteiger partial charge in [-0.15, -0.1) is 11.3 Å². The number of hydrogen-bond donors (Lipinski definition) is 2. The molecule has 0 radical (unpaired) electrons. The second-order valence-electron chi connectivity index (χ2n) is 3.86. The lowest BCUT2D eigenvalue weighted by Crippen LogP contribution is -2.36. The standard InChI is InChI=1S/C10H15NO5S2/c1-6-5-17-8(10(12)13)9(6)18(14,15)11-7(2)4-16-3/h5,7,11H,4H2,1-3H3,(H,12,13). The van der Waals surface area contributed by atoms with Gasteiger partial charge in [0.25, 0.3) is 0 Å². The third-order valence-electron chi connectivity index (χ3n) is 2.15. The molecule has 1 aromatic rings. The largest absolute Gasteiger partial charge is 0.477 e. The van der Waals surface area contributed by atoms with Gasteiger partial charge in [0.15, 0.2) is 0 Å². The highest BCUT2D eigenvalue weighted by Gasteiger charge is 2.27. The Labute approximate surface area is 110 Å². The summed E-state index contributed by atoms with van der Waals surface area (Å²) in [6, 6.07) is -0.430. The minimum absolute atomic E-state index is 0.164. The molecule has 102 valence electrons. The van der Waals surface area contributed by atoms with Crippen LogP contribution in [0.4, 0.5) is 0 Å². The summed E-state index contributed by atoms with van der Waals surface area (Å²) in [4.78, 5) is 10.6. The van der Waals surface area contributed by atoms with E-state index >= 15 is 0 Å². The number of nitrogens with one attached hydrogen (secondary N) is 1. The van der Waals surface area contributed by atoms with Crippen LogP contribution < -0.4 is 4.72 Å². The number of rotatable bonds is 6. The van der Waals surface area contributed by atoms with Crippen LogP contribution in [0.25, 0.3) is 0 Å². The number of sulfonamides is 1. The Bertz CT molecular complexity index is 534. The van der Waals surface area contributed by atoms with Gasteiger partial charge in [-0.3, -0.25) is 0 Å². The van der Waals surface area contributed by atoms with E-state index in [2.05, 4.69) is 4.72 Å². The molecule has 0 spiro atoms. The Morgan fingerprint density at radius 3 is 2.72 bits per heavy atom. The number of carboxylic acid groups (broad SMARTS) is 1. The molecular formula is C10H15NO5S2. The van der Waals surface area contributed by atoms with Crippen LogP contribution in [-0.2, 0) is 14.8 Å². The molecule has 1 unspecified atom stereocenters. The van der Waals surface area contributed by atoms with Gasteiger partial charge in [0.05, 0.1) is 6.61 Å². The van der Waals surface area contributed by atoms with Gasteiger partial charge >= 0.3 is 5.97 Å². The molecule has 2 N–H and O–H groups in total. The molecule has 6 nitrogen and oxygen atoms in total. The van der Waals surface area contributed by atoms with Gasteiger partial charge in [-0.25, -0.2) is 17.9 Å². The fraction of sp³-hybridized carbons (Fsp3) is 0.500. The maximum Gasteiger partial charge on any atom is 0.347 e. The van der Waals surface area contributed by atoms with Gasteiger partial charge in [-0.1, -0.05) is 0 Å². The number of methoxy groups -OCH3 is 1. The first-order valence-corrected chi connectivity index (χ1v) is 7.48. The Morgan fingerprint density at radius 1 is 1.61 bits per heavy atom. The van der Waals surface area contributed by atoms with Crippen molar-refractivity contribution in [2.45, 2.75) is 24.8 Å². The summed E-state index contributed by atoms with van der Waals surface area (Å²) in [5, 5.41) is 10.5. The van der Waals surface area contributed by atoms with Crippen molar-refractivity contribution in [2.24, 2.45) is 0 Å². The molecule has 0 aromatic carbocycles. The van der Waals surface area contributed by atoms with E-state index in [1.54, 1.807) is 13.8 Å². The van der Waals surface area contributed by atoms with Crippen LogP contribution in [0.2, 0.25) is 0 Å². The van der Waals surface area contributed by atoms with Crippen molar-refractivity contribution in [3.63, 3.8) is 0 Å². The van der Waals surface area contributed by atoms with Crippen LogP contribution in [0, 0.1) is 6.92 Å². The predicted molar refractivity (Wildman–Crippen MR) is 67.7 cm³/mol. The first-order valence-electron chi connectivity index (χ1n) is 5.12. The molecule has 1 heterocycles. The van der Waals surface area contributed by atoms with Crippen molar-refractivity contribution in [3.8, 4) is 0 Å². The molecule has 0 fully saturated rings. The fourth-order valence-corrected chi connectivity index (χ4v) is 4.38. The van der Waals surface area contributed by atoms with Crippen molar-refractivity contribution in [2.75, 3.05) is 13.7 Å². The van der Waals surface area contributed by atoms with Crippen molar-refractivity contribution in [1.82, 2.24) is 4.72 Å². The number of aryl methyl sites for hydroxylation is 1. The lowest BCUT2D eigenvalue weighted by Gasteiger charge is -2.13. The first-order chi connectivity index (χ1) is 8.29. The van der Waals surface area contributed by atoms with Crippen molar-refractivity contribution >= 4 is 27.3 Å². The van der Waals surface area contributed by atoms with Crippen LogP contribution in [-0.4, -0.2) is 39.3 Å². The third-order valence-corrected chi connectivity index (χ3v) is 5.15. The summed E-state index contributed by atoms with van der Waals surface area (Å²) in [6.07, 6.45) is 0. The lowest BCUT2D eigenvalue weighted by atomic mass is 10.3. The van der Waals surface area contributed by atoms with Gasteiger partial charge in [-0.05, 0) is 24.8 Å². The van der Waals surface area contributed by atoms with Crippen LogP contribution in [0.3, 0.4) is 0 Å². The van der Waals surface area contributed by atoms with Crippen LogP contribution in [0.5, 0.6) is 0 Å². The average molecular weight is 293 g/mol. The molecule has 0 aliphatic carbocycles. The van der Waals surface area contributed by atoms with E-state index in [1.807, 2.05) is 0 Å². The molecule has 0 saturated carbocycles. The zero-order chi connectivity index (χ0) is 13.9. The zero-order valence-corrected chi connectivity index (χ0v) is 11.9. The zero-order valence-electron chi connectivity index (χ0n) is 10.3. The highest BCUT2D eigenvalue weighted by molar-refractivity contribution is 7.89. The molecule has 0 aliphatic heterocycles. The Hall–Kier alpha value is -0.960. The summed E-state index contributed by atoms with van der Waals surface area (Å²) in [7, 11) is -2.38. The summed E-state index contributed by atoms with van der Waals surface area (Å²) in [5.41, 5.74) is 0.425. The molecule has 0 bridgehead atoms. The minimum Gasteiger partial charge on any atom is -0.477 e. The van der Waals surface area contributed by atoms with E-state index in [0.29, 0.717) is 5.56 Å². The number of aromatic carboxylic acids is 1. The minimum atomic E-state index is -3.85. The lowest BCUT2D eigenvalue weighted by molar-refractivity contribution is 0.0698. The second-order valence-corrected chi connectivity index (χ2v) is 6.39. The molecule has 1 aromatic heterocycles. The quantitative estimate of drug-likeness (QED) is 0.818. The highest BCUT2D eigenvalue weighted by atomic mass is 32.2.